The molecule has 24 heavy (non-hydrogen) atoms. The van der Waals surface area contributed by atoms with Crippen molar-refractivity contribution in [2.75, 3.05) is 5.73 Å². The van der Waals surface area contributed by atoms with E-state index in [0.29, 0.717) is 33.7 Å². The topological polar surface area (TPSA) is 99.4 Å². The highest BCUT2D eigenvalue weighted by Crippen LogP contribution is 2.32. The first-order valence-electron chi connectivity index (χ1n) is 7.07. The highest BCUT2D eigenvalue weighted by Gasteiger charge is 2.08. The number of halogens is 1. The fourth-order valence-corrected chi connectivity index (χ4v) is 2.20. The van der Waals surface area contributed by atoms with E-state index in [9.17, 15) is 0 Å². The number of benzene rings is 1. The molecule has 0 bridgehead atoms. The number of nitrogens with two attached hydrogens (primary N) is 2. The predicted molar refractivity (Wildman–Crippen MR) is 94.8 cm³/mol. The molecule has 0 unspecified atom stereocenters. The van der Waals surface area contributed by atoms with E-state index in [1.54, 1.807) is 54.9 Å². The molecular formula is C17H14ClN5O. The fourth-order valence-electron chi connectivity index (χ4n) is 1.99. The van der Waals surface area contributed by atoms with Crippen molar-refractivity contribution in [1.29, 1.82) is 0 Å². The van der Waals surface area contributed by atoms with Crippen molar-refractivity contribution in [2.45, 2.75) is 0 Å². The standard InChI is InChI=1S/C17H14ClN5O/c18-12-10-11(23-17(20)16-13(19)4-3-9-22-16)6-7-14(12)24-15-5-1-2-8-21-15/h1-10H,19H2,(H2,20,23). The molecule has 120 valence electrons. The van der Waals surface area contributed by atoms with Gasteiger partial charge in [0.2, 0.25) is 5.88 Å². The van der Waals surface area contributed by atoms with E-state index in [0.717, 1.165) is 0 Å². The molecule has 0 atom stereocenters. The smallest absolute Gasteiger partial charge is 0.219 e. The lowest BCUT2D eigenvalue weighted by atomic mass is 10.2. The molecule has 0 aliphatic rings. The molecule has 0 aliphatic heterocycles. The average molecular weight is 340 g/mol. The van der Waals surface area contributed by atoms with Crippen LogP contribution in [0.2, 0.25) is 5.02 Å². The third-order valence-electron chi connectivity index (χ3n) is 3.10. The molecule has 0 amide bonds. The second kappa shape index (κ2) is 6.97. The van der Waals surface area contributed by atoms with Gasteiger partial charge in [-0.25, -0.2) is 9.98 Å². The Morgan fingerprint density at radius 3 is 2.58 bits per heavy atom. The first kappa shape index (κ1) is 15.8. The molecule has 7 heteroatoms. The third-order valence-corrected chi connectivity index (χ3v) is 3.39. The summed E-state index contributed by atoms with van der Waals surface area (Å²) in [6.07, 6.45) is 3.24. The highest BCUT2D eigenvalue weighted by atomic mass is 35.5. The largest absolute Gasteiger partial charge is 0.437 e. The van der Waals surface area contributed by atoms with E-state index >= 15 is 0 Å². The summed E-state index contributed by atoms with van der Waals surface area (Å²) in [7, 11) is 0. The van der Waals surface area contributed by atoms with Crippen molar-refractivity contribution in [3.63, 3.8) is 0 Å². The number of anilines is 1. The molecule has 0 spiro atoms. The Bertz CT molecular complexity index is 883. The normalized spacial score (nSPS) is 11.3. The van der Waals surface area contributed by atoms with E-state index in [-0.39, 0.29) is 5.84 Å². The van der Waals surface area contributed by atoms with Gasteiger partial charge < -0.3 is 16.2 Å². The Balaban J connectivity index is 1.84. The maximum Gasteiger partial charge on any atom is 0.219 e. The number of aromatic nitrogens is 2. The van der Waals surface area contributed by atoms with Crippen LogP contribution < -0.4 is 16.2 Å². The van der Waals surface area contributed by atoms with E-state index in [1.165, 1.54) is 0 Å². The summed E-state index contributed by atoms with van der Waals surface area (Å²) in [5, 5.41) is 0.392. The number of hydrogen-bond acceptors (Lipinski definition) is 5. The van der Waals surface area contributed by atoms with E-state index in [4.69, 9.17) is 27.8 Å². The maximum absolute atomic E-state index is 6.24. The van der Waals surface area contributed by atoms with Gasteiger partial charge >= 0.3 is 0 Å². The van der Waals surface area contributed by atoms with Gasteiger partial charge in [0, 0.05) is 18.5 Å². The number of nitrogens with zero attached hydrogens (tertiary/aromatic N) is 3. The number of rotatable bonds is 4. The van der Waals surface area contributed by atoms with Crippen LogP contribution in [0.5, 0.6) is 11.6 Å². The van der Waals surface area contributed by atoms with Crippen molar-refractivity contribution in [3.05, 3.63) is 71.6 Å². The van der Waals surface area contributed by atoms with E-state index in [2.05, 4.69) is 15.0 Å². The van der Waals surface area contributed by atoms with Gasteiger partial charge in [0.1, 0.15) is 11.4 Å². The highest BCUT2D eigenvalue weighted by molar-refractivity contribution is 6.32. The Hall–Kier alpha value is -3.12. The van der Waals surface area contributed by atoms with Crippen LogP contribution in [0.4, 0.5) is 11.4 Å². The van der Waals surface area contributed by atoms with Gasteiger partial charge in [-0.15, -0.1) is 0 Å². The molecule has 0 fully saturated rings. The quantitative estimate of drug-likeness (QED) is 0.559. The number of hydrogen-bond donors (Lipinski definition) is 2. The Kier molecular flexibility index (Phi) is 4.58. The van der Waals surface area contributed by atoms with Crippen molar-refractivity contribution >= 4 is 28.8 Å². The van der Waals surface area contributed by atoms with Crippen molar-refractivity contribution in [1.82, 2.24) is 9.97 Å². The van der Waals surface area contributed by atoms with Gasteiger partial charge in [-0.05, 0) is 36.4 Å². The molecule has 1 aromatic carbocycles. The van der Waals surface area contributed by atoms with Crippen LogP contribution >= 0.6 is 11.6 Å². The van der Waals surface area contributed by atoms with Crippen molar-refractivity contribution in [3.8, 4) is 11.6 Å². The lowest BCUT2D eigenvalue weighted by Crippen LogP contribution is -2.16. The van der Waals surface area contributed by atoms with E-state index < -0.39 is 0 Å². The Labute approximate surface area is 143 Å². The number of pyridine rings is 2. The second-order valence-corrected chi connectivity index (χ2v) is 5.23. The molecule has 0 saturated carbocycles. The summed E-state index contributed by atoms with van der Waals surface area (Å²) in [6.45, 7) is 0. The molecule has 0 saturated heterocycles. The number of ether oxygens (including phenoxy) is 1. The summed E-state index contributed by atoms with van der Waals surface area (Å²) < 4.78 is 5.62. The van der Waals surface area contributed by atoms with Crippen LogP contribution in [0.15, 0.2) is 65.9 Å². The minimum Gasteiger partial charge on any atom is -0.437 e. The molecule has 6 nitrogen and oxygen atoms in total. The maximum atomic E-state index is 6.24. The van der Waals surface area contributed by atoms with Crippen molar-refractivity contribution < 1.29 is 4.74 Å². The minimum atomic E-state index is 0.211. The molecule has 3 rings (SSSR count). The molecule has 2 aromatic heterocycles. The number of nitrogen functional groups attached to an aromatic ring is 1. The zero-order valence-electron chi connectivity index (χ0n) is 12.6. The summed E-state index contributed by atoms with van der Waals surface area (Å²) in [5.74, 6) is 1.14. The van der Waals surface area contributed by atoms with Crippen LogP contribution in [0, 0.1) is 0 Å². The van der Waals surface area contributed by atoms with Crippen LogP contribution in [0.25, 0.3) is 0 Å². The SMILES string of the molecule is NC(=Nc1ccc(Oc2ccccn2)c(Cl)c1)c1ncccc1N. The van der Waals surface area contributed by atoms with E-state index in [1.807, 2.05) is 6.07 Å². The second-order valence-electron chi connectivity index (χ2n) is 4.82. The Morgan fingerprint density at radius 2 is 1.88 bits per heavy atom. The molecule has 2 heterocycles. The third kappa shape index (κ3) is 3.61. The molecule has 3 aromatic rings. The summed E-state index contributed by atoms with van der Waals surface area (Å²) >= 11 is 6.24. The first-order chi connectivity index (χ1) is 11.6. The van der Waals surface area contributed by atoms with Crippen LogP contribution in [0.1, 0.15) is 5.69 Å². The van der Waals surface area contributed by atoms with Crippen molar-refractivity contribution in [2.24, 2.45) is 10.7 Å². The van der Waals surface area contributed by atoms with Gasteiger partial charge in [0.05, 0.1) is 16.4 Å². The zero-order valence-corrected chi connectivity index (χ0v) is 13.3. The van der Waals surface area contributed by atoms with Gasteiger partial charge in [0.25, 0.3) is 0 Å². The summed E-state index contributed by atoms with van der Waals surface area (Å²) in [5.41, 5.74) is 13.3. The predicted octanol–water partition coefficient (Wildman–Crippen LogP) is 3.54. The van der Waals surface area contributed by atoms with Crippen LogP contribution in [0.3, 0.4) is 0 Å². The number of amidine groups is 1. The molecule has 0 radical (unpaired) electrons. The fraction of sp³-hybridized carbons (Fsp3) is 0. The summed E-state index contributed by atoms with van der Waals surface area (Å²) in [6, 6.07) is 13.9. The molecule has 4 N–H and O–H groups in total. The monoisotopic (exact) mass is 339 g/mol. The first-order valence-corrected chi connectivity index (χ1v) is 7.45. The lowest BCUT2D eigenvalue weighted by Gasteiger charge is -2.07. The molecular weight excluding hydrogens is 326 g/mol. The molecule has 0 aliphatic carbocycles. The lowest BCUT2D eigenvalue weighted by molar-refractivity contribution is 0.463. The number of aliphatic imine (C=N–C) groups is 1. The van der Waals surface area contributed by atoms with Gasteiger partial charge in [-0.3, -0.25) is 4.98 Å². The van der Waals surface area contributed by atoms with Crippen LogP contribution in [-0.2, 0) is 0 Å². The minimum absolute atomic E-state index is 0.211. The Morgan fingerprint density at radius 1 is 1.04 bits per heavy atom. The summed E-state index contributed by atoms with van der Waals surface area (Å²) in [4.78, 5) is 12.5. The van der Waals surface area contributed by atoms with Gasteiger partial charge in [0.15, 0.2) is 5.84 Å². The van der Waals surface area contributed by atoms with Crippen LogP contribution in [-0.4, -0.2) is 15.8 Å². The zero-order chi connectivity index (χ0) is 16.9. The van der Waals surface area contributed by atoms with Gasteiger partial charge in [-0.2, -0.15) is 0 Å². The average Bonchev–Trinajstić information content (AvgIpc) is 2.58. The van der Waals surface area contributed by atoms with Gasteiger partial charge in [-0.1, -0.05) is 17.7 Å².